The van der Waals surface area contributed by atoms with Crippen molar-refractivity contribution in [2.24, 2.45) is 0 Å². The summed E-state index contributed by atoms with van der Waals surface area (Å²) in [7, 11) is 0. The van der Waals surface area contributed by atoms with E-state index in [0.29, 0.717) is 17.5 Å². The lowest BCUT2D eigenvalue weighted by molar-refractivity contribution is 0.664. The van der Waals surface area contributed by atoms with Crippen LogP contribution in [0, 0.1) is 0 Å². The Labute approximate surface area is 340 Å². The molecule has 0 N–H and O–H groups in total. The van der Waals surface area contributed by atoms with Crippen molar-refractivity contribution in [3.05, 3.63) is 193 Å². The molecule has 12 rings (SSSR count). The highest BCUT2D eigenvalue weighted by Gasteiger charge is 2.38. The van der Waals surface area contributed by atoms with Crippen LogP contribution in [0.5, 0.6) is 0 Å². The molecule has 5 heteroatoms. The van der Waals surface area contributed by atoms with E-state index in [9.17, 15) is 0 Å². The predicted molar refractivity (Wildman–Crippen MR) is 241 cm³/mol. The van der Waals surface area contributed by atoms with Crippen molar-refractivity contribution in [3.63, 3.8) is 0 Å². The zero-order chi connectivity index (χ0) is 39.2. The minimum Gasteiger partial charge on any atom is -0.455 e. The molecule has 0 saturated carbocycles. The van der Waals surface area contributed by atoms with E-state index in [2.05, 4.69) is 158 Å². The van der Waals surface area contributed by atoms with Gasteiger partial charge in [0.05, 0.1) is 27.7 Å². The van der Waals surface area contributed by atoms with E-state index >= 15 is 0 Å². The summed E-state index contributed by atoms with van der Waals surface area (Å²) in [6.07, 6.45) is 0. The molecule has 3 aromatic heterocycles. The monoisotopic (exact) mass is 756 g/mol. The number of rotatable bonds is 5. The van der Waals surface area contributed by atoms with Gasteiger partial charge >= 0.3 is 0 Å². The first-order chi connectivity index (χ1) is 29.0. The molecule has 5 nitrogen and oxygen atoms in total. The smallest absolute Gasteiger partial charge is 0.167 e. The number of benzene rings is 8. The molecule has 0 unspecified atom stereocenters. The van der Waals surface area contributed by atoms with Gasteiger partial charge in [0, 0.05) is 32.7 Å². The van der Waals surface area contributed by atoms with Gasteiger partial charge in [0.1, 0.15) is 11.2 Å². The molecular formula is C54H36N4O. The number of nitrogens with zero attached hydrogens (tertiary/aromatic N) is 4. The molecular weight excluding hydrogens is 721 g/mol. The van der Waals surface area contributed by atoms with Gasteiger partial charge in [0.25, 0.3) is 0 Å². The minimum atomic E-state index is -0.219. The van der Waals surface area contributed by atoms with Crippen LogP contribution in [0.2, 0.25) is 0 Å². The first-order valence-electron chi connectivity index (χ1n) is 20.1. The third-order valence-corrected chi connectivity index (χ3v) is 12.3. The van der Waals surface area contributed by atoms with Crippen LogP contribution >= 0.6 is 0 Å². The summed E-state index contributed by atoms with van der Waals surface area (Å²) < 4.78 is 9.41. The van der Waals surface area contributed by atoms with Gasteiger partial charge in [-0.1, -0.05) is 172 Å². The molecule has 0 aliphatic heterocycles. The lowest BCUT2D eigenvalue weighted by Gasteiger charge is -2.24. The molecule has 0 fully saturated rings. The summed E-state index contributed by atoms with van der Waals surface area (Å²) in [4.78, 5) is 15.5. The van der Waals surface area contributed by atoms with Gasteiger partial charge in [0.2, 0.25) is 0 Å². The van der Waals surface area contributed by atoms with Gasteiger partial charge in [-0.3, -0.25) is 0 Å². The van der Waals surface area contributed by atoms with Gasteiger partial charge in [0.15, 0.2) is 17.5 Å². The molecule has 1 aliphatic rings. The Morgan fingerprint density at radius 1 is 0.441 bits per heavy atom. The van der Waals surface area contributed by atoms with Crippen LogP contribution in [0.3, 0.4) is 0 Å². The van der Waals surface area contributed by atoms with Crippen LogP contribution in [-0.2, 0) is 5.41 Å². The molecule has 59 heavy (non-hydrogen) atoms. The SMILES string of the molecule is CC1(C)c2ccccc2-c2ccc3c4ccccc4n(-c4ccc(-c5nc(-c6ccccc6)nc(-c6ccc(-c7ccccc7)cc6)n5)c5oc6ccccc6c45)c3c21. The first kappa shape index (κ1) is 33.5. The first-order valence-corrected chi connectivity index (χ1v) is 20.1. The van der Waals surface area contributed by atoms with Crippen LogP contribution in [0.25, 0.3) is 106 Å². The van der Waals surface area contributed by atoms with E-state index in [1.807, 2.05) is 42.5 Å². The van der Waals surface area contributed by atoms with Gasteiger partial charge in [-0.05, 0) is 57.6 Å². The van der Waals surface area contributed by atoms with Crippen molar-refractivity contribution in [2.45, 2.75) is 19.3 Å². The van der Waals surface area contributed by atoms with Crippen molar-refractivity contribution in [1.29, 1.82) is 0 Å². The molecule has 278 valence electrons. The maximum absolute atomic E-state index is 6.93. The molecule has 1 aliphatic carbocycles. The average Bonchev–Trinajstić information content (AvgIpc) is 3.92. The molecule has 0 amide bonds. The highest BCUT2D eigenvalue weighted by molar-refractivity contribution is 6.18. The highest BCUT2D eigenvalue weighted by Crippen LogP contribution is 2.53. The molecule has 3 heterocycles. The molecule has 0 saturated heterocycles. The summed E-state index contributed by atoms with van der Waals surface area (Å²) in [6, 6.07) is 64.0. The topological polar surface area (TPSA) is 56.7 Å². The van der Waals surface area contributed by atoms with E-state index < -0.39 is 0 Å². The number of hydrogen-bond acceptors (Lipinski definition) is 4. The second-order valence-electron chi connectivity index (χ2n) is 16.0. The second-order valence-corrected chi connectivity index (χ2v) is 16.0. The van der Waals surface area contributed by atoms with Gasteiger partial charge in [-0.15, -0.1) is 0 Å². The van der Waals surface area contributed by atoms with E-state index in [1.165, 1.54) is 38.5 Å². The zero-order valence-corrected chi connectivity index (χ0v) is 32.5. The molecule has 0 bridgehead atoms. The highest BCUT2D eigenvalue weighted by atomic mass is 16.3. The Morgan fingerprint density at radius 2 is 1.02 bits per heavy atom. The normalized spacial score (nSPS) is 13.1. The largest absolute Gasteiger partial charge is 0.455 e. The van der Waals surface area contributed by atoms with E-state index in [1.54, 1.807) is 0 Å². The Balaban J connectivity index is 1.13. The van der Waals surface area contributed by atoms with E-state index in [4.69, 9.17) is 19.4 Å². The number of para-hydroxylation sites is 2. The van der Waals surface area contributed by atoms with Gasteiger partial charge in [-0.25, -0.2) is 15.0 Å². The van der Waals surface area contributed by atoms with Gasteiger partial charge in [-0.2, -0.15) is 0 Å². The summed E-state index contributed by atoms with van der Waals surface area (Å²) in [5, 5.41) is 4.50. The van der Waals surface area contributed by atoms with E-state index in [-0.39, 0.29) is 5.41 Å². The van der Waals surface area contributed by atoms with Crippen molar-refractivity contribution < 1.29 is 4.42 Å². The quantitative estimate of drug-likeness (QED) is 0.175. The maximum Gasteiger partial charge on any atom is 0.167 e. The fourth-order valence-corrected chi connectivity index (χ4v) is 9.52. The molecule has 0 radical (unpaired) electrons. The Bertz CT molecular complexity index is 3450. The lowest BCUT2D eigenvalue weighted by Crippen LogP contribution is -2.16. The third-order valence-electron chi connectivity index (χ3n) is 12.3. The Kier molecular flexibility index (Phi) is 7.20. The lowest BCUT2D eigenvalue weighted by atomic mass is 9.81. The van der Waals surface area contributed by atoms with E-state index in [0.717, 1.165) is 61.0 Å². The number of furan rings is 1. The zero-order valence-electron chi connectivity index (χ0n) is 32.5. The van der Waals surface area contributed by atoms with Crippen LogP contribution in [0.15, 0.2) is 186 Å². The summed E-state index contributed by atoms with van der Waals surface area (Å²) in [6.45, 7) is 4.73. The van der Waals surface area contributed by atoms with Crippen molar-refractivity contribution in [2.75, 3.05) is 0 Å². The van der Waals surface area contributed by atoms with Gasteiger partial charge < -0.3 is 8.98 Å². The minimum absolute atomic E-state index is 0.219. The summed E-state index contributed by atoms with van der Waals surface area (Å²) >= 11 is 0. The number of hydrogen-bond donors (Lipinski definition) is 0. The van der Waals surface area contributed by atoms with Crippen LogP contribution in [0.1, 0.15) is 25.0 Å². The Morgan fingerprint density at radius 3 is 1.80 bits per heavy atom. The average molecular weight is 757 g/mol. The fraction of sp³-hybridized carbons (Fsp3) is 0.0556. The summed E-state index contributed by atoms with van der Waals surface area (Å²) in [5.74, 6) is 1.75. The van der Waals surface area contributed by atoms with Crippen molar-refractivity contribution in [3.8, 4) is 62.1 Å². The summed E-state index contributed by atoms with van der Waals surface area (Å²) in [5.41, 5.74) is 14.9. The number of fused-ring (bicyclic) bond motifs is 10. The molecule has 0 spiro atoms. The van der Waals surface area contributed by atoms with Crippen molar-refractivity contribution in [1.82, 2.24) is 19.5 Å². The molecule has 11 aromatic rings. The molecule has 0 atom stereocenters. The fourth-order valence-electron chi connectivity index (χ4n) is 9.52. The standard InChI is InChI=1S/C54H36N4O/c1-54(2)43-22-12-9-19-37(43)39-29-30-40-38-20-10-13-23-44(38)58(49(40)48(39)54)45-32-31-42(50-47(45)41-21-11-14-24-46(41)59-50)53-56-51(35-17-7-4-8-18-35)55-52(57-53)36-27-25-34(26-28-36)33-15-5-3-6-16-33/h3-32H,1-2H3. The van der Waals surface area contributed by atoms with Crippen molar-refractivity contribution >= 4 is 43.7 Å². The predicted octanol–water partition coefficient (Wildman–Crippen LogP) is 13.8. The van der Waals surface area contributed by atoms with Crippen LogP contribution < -0.4 is 0 Å². The number of aromatic nitrogens is 4. The third kappa shape index (κ3) is 5.01. The van der Waals surface area contributed by atoms with Crippen LogP contribution in [-0.4, -0.2) is 19.5 Å². The second kappa shape index (κ2) is 12.7. The maximum atomic E-state index is 6.93. The molecule has 8 aromatic carbocycles. The van der Waals surface area contributed by atoms with Crippen LogP contribution in [0.4, 0.5) is 0 Å². The Hall–Kier alpha value is -7.63.